The molecule has 1 saturated heterocycles. The summed E-state index contributed by atoms with van der Waals surface area (Å²) >= 11 is 0. The second-order valence-electron chi connectivity index (χ2n) is 7.27. The summed E-state index contributed by atoms with van der Waals surface area (Å²) in [5, 5.41) is 3.13. The molecule has 0 aromatic heterocycles. The van der Waals surface area contributed by atoms with Gasteiger partial charge in [0, 0.05) is 25.2 Å². The number of benzene rings is 1. The minimum atomic E-state index is -0.0419. The van der Waals surface area contributed by atoms with E-state index in [0.29, 0.717) is 6.54 Å². The summed E-state index contributed by atoms with van der Waals surface area (Å²) in [5.74, 6) is 0.704. The number of amides is 1. The summed E-state index contributed by atoms with van der Waals surface area (Å²) in [4.78, 5) is 14.8. The van der Waals surface area contributed by atoms with Crippen LogP contribution in [0.4, 0.5) is 0 Å². The van der Waals surface area contributed by atoms with E-state index in [4.69, 9.17) is 9.47 Å². The van der Waals surface area contributed by atoms with Crippen LogP contribution in [-0.2, 0) is 9.53 Å². The van der Waals surface area contributed by atoms with Crippen LogP contribution in [0.5, 0.6) is 5.75 Å². The zero-order valence-electron chi connectivity index (χ0n) is 15.7. The predicted octanol–water partition coefficient (Wildman–Crippen LogP) is 2.95. The second kappa shape index (κ2) is 10.1. The highest BCUT2D eigenvalue weighted by molar-refractivity contribution is 5.85. The summed E-state index contributed by atoms with van der Waals surface area (Å²) in [6.45, 7) is 6.33. The minimum absolute atomic E-state index is 0. The Bertz CT molecular complexity index is 570. The Hall–Kier alpha value is -1.30. The molecule has 2 fully saturated rings. The van der Waals surface area contributed by atoms with Crippen LogP contribution in [0.3, 0.4) is 0 Å². The lowest BCUT2D eigenvalue weighted by Crippen LogP contribution is -2.60. The van der Waals surface area contributed by atoms with E-state index in [-0.39, 0.29) is 30.5 Å². The lowest BCUT2D eigenvalue weighted by atomic mass is 9.79. The van der Waals surface area contributed by atoms with E-state index < -0.39 is 0 Å². The van der Waals surface area contributed by atoms with Gasteiger partial charge in [0.05, 0.1) is 13.2 Å². The maximum atomic E-state index is 12.3. The van der Waals surface area contributed by atoms with E-state index in [1.807, 2.05) is 31.2 Å². The molecule has 1 aromatic rings. The number of nitrogens with one attached hydrogen (secondary N) is 1. The first-order chi connectivity index (χ1) is 12.2. The van der Waals surface area contributed by atoms with Crippen LogP contribution in [0.25, 0.3) is 0 Å². The Morgan fingerprint density at radius 1 is 1.23 bits per heavy atom. The maximum Gasteiger partial charge on any atom is 0.258 e. The number of rotatable bonds is 6. The second-order valence-corrected chi connectivity index (χ2v) is 7.27. The number of morpholine rings is 1. The SMILES string of the molecule is Cc1cccc(OCC(=O)NCC2(N3CCOCC3)CCCCC2)c1.Cl. The minimum Gasteiger partial charge on any atom is -0.484 e. The first-order valence-electron chi connectivity index (χ1n) is 9.47. The zero-order chi connectivity index (χ0) is 17.5. The van der Waals surface area contributed by atoms with Crippen LogP contribution < -0.4 is 10.1 Å². The van der Waals surface area contributed by atoms with Gasteiger partial charge in [-0.3, -0.25) is 9.69 Å². The predicted molar refractivity (Wildman–Crippen MR) is 105 cm³/mol. The fraction of sp³-hybridized carbons (Fsp3) is 0.650. The molecule has 1 amide bonds. The Balaban J connectivity index is 0.00000243. The number of nitrogens with zero attached hydrogens (tertiary/aromatic N) is 1. The lowest BCUT2D eigenvalue weighted by Gasteiger charge is -2.48. The van der Waals surface area contributed by atoms with Crippen molar-refractivity contribution < 1.29 is 14.3 Å². The summed E-state index contributed by atoms with van der Waals surface area (Å²) in [6.07, 6.45) is 6.11. The third-order valence-corrected chi connectivity index (χ3v) is 5.44. The largest absolute Gasteiger partial charge is 0.484 e. The molecule has 26 heavy (non-hydrogen) atoms. The number of carbonyl (C=O) groups excluding carboxylic acids is 1. The van der Waals surface area contributed by atoms with Crippen LogP contribution in [0.1, 0.15) is 37.7 Å². The van der Waals surface area contributed by atoms with E-state index in [1.165, 1.54) is 19.3 Å². The van der Waals surface area contributed by atoms with Crippen molar-refractivity contribution in [1.29, 1.82) is 0 Å². The molecule has 1 heterocycles. The molecular formula is C20H31ClN2O3. The average molecular weight is 383 g/mol. The van der Waals surface area contributed by atoms with Gasteiger partial charge in [-0.05, 0) is 37.5 Å². The Morgan fingerprint density at radius 2 is 1.96 bits per heavy atom. The normalized spacial score (nSPS) is 20.0. The Labute approximate surface area is 162 Å². The molecule has 2 aliphatic rings. The van der Waals surface area contributed by atoms with Crippen molar-refractivity contribution in [2.45, 2.75) is 44.6 Å². The van der Waals surface area contributed by atoms with Gasteiger partial charge in [-0.25, -0.2) is 0 Å². The van der Waals surface area contributed by atoms with Gasteiger partial charge in [-0.1, -0.05) is 31.4 Å². The number of aryl methyl sites for hydroxylation is 1. The highest BCUT2D eigenvalue weighted by Gasteiger charge is 2.38. The number of hydrogen-bond acceptors (Lipinski definition) is 4. The average Bonchev–Trinajstić information content (AvgIpc) is 2.66. The number of halogens is 1. The van der Waals surface area contributed by atoms with Gasteiger partial charge in [0.2, 0.25) is 0 Å². The van der Waals surface area contributed by atoms with Crippen LogP contribution in [0, 0.1) is 6.92 Å². The first-order valence-corrected chi connectivity index (χ1v) is 9.47. The molecule has 0 unspecified atom stereocenters. The molecule has 1 aromatic carbocycles. The number of hydrogen-bond donors (Lipinski definition) is 1. The molecule has 3 rings (SSSR count). The molecule has 0 atom stereocenters. The molecule has 1 aliphatic carbocycles. The van der Waals surface area contributed by atoms with Gasteiger partial charge in [0.1, 0.15) is 5.75 Å². The van der Waals surface area contributed by atoms with E-state index >= 15 is 0 Å². The molecule has 1 N–H and O–H groups in total. The van der Waals surface area contributed by atoms with Crippen LogP contribution >= 0.6 is 12.4 Å². The van der Waals surface area contributed by atoms with Gasteiger partial charge < -0.3 is 14.8 Å². The fourth-order valence-corrected chi connectivity index (χ4v) is 4.02. The molecule has 0 spiro atoms. The summed E-state index contributed by atoms with van der Waals surface area (Å²) in [6, 6.07) is 7.79. The molecule has 6 heteroatoms. The lowest BCUT2D eigenvalue weighted by molar-refractivity contribution is -0.124. The van der Waals surface area contributed by atoms with Gasteiger partial charge in [-0.15, -0.1) is 12.4 Å². The zero-order valence-corrected chi connectivity index (χ0v) is 16.5. The summed E-state index contributed by atoms with van der Waals surface area (Å²) in [7, 11) is 0. The van der Waals surface area contributed by atoms with E-state index in [2.05, 4.69) is 10.2 Å². The van der Waals surface area contributed by atoms with Crippen molar-refractivity contribution in [3.05, 3.63) is 29.8 Å². The smallest absolute Gasteiger partial charge is 0.258 e. The Morgan fingerprint density at radius 3 is 2.65 bits per heavy atom. The van der Waals surface area contributed by atoms with Crippen molar-refractivity contribution in [2.24, 2.45) is 0 Å². The topological polar surface area (TPSA) is 50.8 Å². The molecule has 5 nitrogen and oxygen atoms in total. The van der Waals surface area contributed by atoms with Gasteiger partial charge in [0.25, 0.3) is 5.91 Å². The van der Waals surface area contributed by atoms with Crippen LogP contribution in [-0.4, -0.2) is 55.8 Å². The molecular weight excluding hydrogens is 352 g/mol. The number of ether oxygens (including phenoxy) is 2. The number of carbonyl (C=O) groups is 1. The van der Waals surface area contributed by atoms with Gasteiger partial charge >= 0.3 is 0 Å². The third-order valence-electron chi connectivity index (χ3n) is 5.44. The quantitative estimate of drug-likeness (QED) is 0.821. The van der Waals surface area contributed by atoms with E-state index in [1.54, 1.807) is 0 Å². The first kappa shape index (κ1) is 21.0. The van der Waals surface area contributed by atoms with Crippen molar-refractivity contribution in [3.63, 3.8) is 0 Å². The molecule has 146 valence electrons. The van der Waals surface area contributed by atoms with E-state index in [9.17, 15) is 4.79 Å². The molecule has 1 aliphatic heterocycles. The highest BCUT2D eigenvalue weighted by atomic mass is 35.5. The Kier molecular flexibility index (Phi) is 8.19. The van der Waals surface area contributed by atoms with Crippen molar-refractivity contribution in [3.8, 4) is 5.75 Å². The standard InChI is InChI=1S/C20H30N2O3.ClH/c1-17-6-5-7-18(14-17)25-15-19(23)21-16-20(8-3-2-4-9-20)22-10-12-24-13-11-22;/h5-7,14H,2-4,8-13,15-16H2,1H3,(H,21,23);1H. The van der Waals surface area contributed by atoms with Gasteiger partial charge in [0.15, 0.2) is 6.61 Å². The monoisotopic (exact) mass is 382 g/mol. The summed E-state index contributed by atoms with van der Waals surface area (Å²) in [5.41, 5.74) is 1.23. The summed E-state index contributed by atoms with van der Waals surface area (Å²) < 4.78 is 11.1. The van der Waals surface area contributed by atoms with Crippen molar-refractivity contribution >= 4 is 18.3 Å². The van der Waals surface area contributed by atoms with Crippen LogP contribution in [0.15, 0.2) is 24.3 Å². The third kappa shape index (κ3) is 5.60. The fourth-order valence-electron chi connectivity index (χ4n) is 4.02. The van der Waals surface area contributed by atoms with Crippen LogP contribution in [0.2, 0.25) is 0 Å². The van der Waals surface area contributed by atoms with Crippen molar-refractivity contribution in [2.75, 3.05) is 39.5 Å². The van der Waals surface area contributed by atoms with E-state index in [0.717, 1.165) is 50.5 Å². The van der Waals surface area contributed by atoms with Crippen molar-refractivity contribution in [1.82, 2.24) is 10.2 Å². The molecule has 0 bridgehead atoms. The molecule has 0 radical (unpaired) electrons. The maximum absolute atomic E-state index is 12.3. The highest BCUT2D eigenvalue weighted by Crippen LogP contribution is 2.33. The van der Waals surface area contributed by atoms with Gasteiger partial charge in [-0.2, -0.15) is 0 Å². The molecule has 1 saturated carbocycles.